The Labute approximate surface area is 130 Å². The Hall–Kier alpha value is -0.160. The average Bonchev–Trinajstić information content (AvgIpc) is 2.34. The molecule has 1 aliphatic rings. The van der Waals surface area contributed by atoms with Crippen molar-refractivity contribution in [3.05, 3.63) is 0 Å². The van der Waals surface area contributed by atoms with Crippen molar-refractivity contribution in [3.63, 3.8) is 0 Å². The van der Waals surface area contributed by atoms with Crippen LogP contribution in [0.15, 0.2) is 0 Å². The van der Waals surface area contributed by atoms with E-state index in [-0.39, 0.29) is 0 Å². The molecule has 0 spiro atoms. The van der Waals surface area contributed by atoms with Gasteiger partial charge in [0, 0.05) is 13.1 Å². The van der Waals surface area contributed by atoms with Gasteiger partial charge < -0.3 is 20.3 Å². The summed E-state index contributed by atoms with van der Waals surface area (Å²) in [7, 11) is 0. The molecule has 1 rings (SSSR count). The van der Waals surface area contributed by atoms with Crippen LogP contribution in [-0.2, 0) is 4.74 Å². The third-order valence-electron chi connectivity index (χ3n) is 4.15. The molecule has 4 atom stereocenters. The molecule has 1 aliphatic carbocycles. The second-order valence-electron chi connectivity index (χ2n) is 7.61. The third kappa shape index (κ3) is 8.77. The van der Waals surface area contributed by atoms with Gasteiger partial charge in [-0.2, -0.15) is 0 Å². The zero-order valence-corrected chi connectivity index (χ0v) is 14.3. The fourth-order valence-corrected chi connectivity index (χ4v) is 3.30. The summed E-state index contributed by atoms with van der Waals surface area (Å²) in [4.78, 5) is 0. The molecule has 0 aromatic heterocycles. The highest BCUT2D eigenvalue weighted by molar-refractivity contribution is 4.78. The Morgan fingerprint density at radius 3 is 2.67 bits per heavy atom. The van der Waals surface area contributed by atoms with E-state index in [0.29, 0.717) is 31.7 Å². The van der Waals surface area contributed by atoms with Crippen LogP contribution in [0.4, 0.5) is 0 Å². The summed E-state index contributed by atoms with van der Waals surface area (Å²) >= 11 is 0. The van der Waals surface area contributed by atoms with Crippen molar-refractivity contribution in [2.24, 2.45) is 11.8 Å². The van der Waals surface area contributed by atoms with Gasteiger partial charge in [-0.3, -0.25) is 0 Å². The van der Waals surface area contributed by atoms with Gasteiger partial charge in [-0.25, -0.2) is 0 Å². The molecule has 0 amide bonds. The minimum absolute atomic E-state index is 0.312. The van der Waals surface area contributed by atoms with E-state index in [1.165, 1.54) is 12.8 Å². The molecule has 21 heavy (non-hydrogen) atoms. The van der Waals surface area contributed by atoms with Crippen LogP contribution in [0.25, 0.3) is 0 Å². The largest absolute Gasteiger partial charge is 0.389 e. The van der Waals surface area contributed by atoms with Crippen molar-refractivity contribution in [1.82, 2.24) is 5.32 Å². The first-order valence-corrected chi connectivity index (χ1v) is 8.51. The minimum atomic E-state index is -0.715. The van der Waals surface area contributed by atoms with Gasteiger partial charge in [-0.15, -0.1) is 0 Å². The summed E-state index contributed by atoms with van der Waals surface area (Å²) in [5.74, 6) is 1.20. The van der Waals surface area contributed by atoms with E-state index >= 15 is 0 Å². The fraction of sp³-hybridized carbons (Fsp3) is 1.00. The SMILES string of the molecule is CC(C)CC(C)(O)CNCC(O)COC1CCCC(C)C1. The van der Waals surface area contributed by atoms with E-state index in [9.17, 15) is 10.2 Å². The second-order valence-corrected chi connectivity index (χ2v) is 7.61. The molecule has 0 aromatic rings. The monoisotopic (exact) mass is 301 g/mol. The van der Waals surface area contributed by atoms with Crippen molar-refractivity contribution in [2.45, 2.75) is 77.6 Å². The van der Waals surface area contributed by atoms with Crippen molar-refractivity contribution >= 4 is 0 Å². The van der Waals surface area contributed by atoms with Crippen LogP contribution in [-0.4, -0.2) is 47.7 Å². The smallest absolute Gasteiger partial charge is 0.0897 e. The van der Waals surface area contributed by atoms with Crippen LogP contribution in [0.2, 0.25) is 0 Å². The Balaban J connectivity index is 2.12. The average molecular weight is 301 g/mol. The van der Waals surface area contributed by atoms with Gasteiger partial charge in [0.05, 0.1) is 24.4 Å². The molecule has 4 nitrogen and oxygen atoms in total. The van der Waals surface area contributed by atoms with Crippen molar-refractivity contribution in [1.29, 1.82) is 0 Å². The van der Waals surface area contributed by atoms with Gasteiger partial charge in [-0.05, 0) is 38.0 Å². The Bertz CT molecular complexity index is 281. The van der Waals surface area contributed by atoms with E-state index < -0.39 is 11.7 Å². The summed E-state index contributed by atoms with van der Waals surface area (Å²) < 4.78 is 5.81. The molecule has 0 bridgehead atoms. The molecule has 0 heterocycles. The van der Waals surface area contributed by atoms with E-state index in [2.05, 4.69) is 26.1 Å². The standard InChI is InChI=1S/C17H35NO3/c1-13(2)9-17(4,20)12-18-10-15(19)11-21-16-7-5-6-14(3)8-16/h13-16,18-20H,5-12H2,1-4H3. The summed E-state index contributed by atoms with van der Waals surface area (Å²) in [6.07, 6.45) is 5.33. The maximum Gasteiger partial charge on any atom is 0.0897 e. The van der Waals surface area contributed by atoms with Crippen molar-refractivity contribution in [2.75, 3.05) is 19.7 Å². The molecular weight excluding hydrogens is 266 g/mol. The van der Waals surface area contributed by atoms with Crippen LogP contribution >= 0.6 is 0 Å². The molecule has 1 fully saturated rings. The molecule has 0 aliphatic heterocycles. The minimum Gasteiger partial charge on any atom is -0.389 e. The number of aliphatic hydroxyl groups excluding tert-OH is 1. The predicted molar refractivity (Wildman–Crippen MR) is 86.3 cm³/mol. The van der Waals surface area contributed by atoms with E-state index in [4.69, 9.17) is 4.74 Å². The Morgan fingerprint density at radius 1 is 1.33 bits per heavy atom. The molecular formula is C17H35NO3. The number of nitrogens with one attached hydrogen (secondary N) is 1. The summed E-state index contributed by atoms with van der Waals surface area (Å²) in [5.41, 5.74) is -0.715. The van der Waals surface area contributed by atoms with E-state index in [1.807, 2.05) is 6.92 Å². The highest BCUT2D eigenvalue weighted by Gasteiger charge is 2.22. The van der Waals surface area contributed by atoms with Crippen molar-refractivity contribution in [3.8, 4) is 0 Å². The summed E-state index contributed by atoms with van der Waals surface area (Å²) in [6.45, 7) is 9.66. The maximum atomic E-state index is 10.2. The first kappa shape index (κ1) is 18.9. The summed E-state index contributed by atoms with van der Waals surface area (Å²) in [5, 5.41) is 23.3. The lowest BCUT2D eigenvalue weighted by Crippen LogP contribution is -2.42. The quantitative estimate of drug-likeness (QED) is 0.612. The molecule has 0 aromatic carbocycles. The highest BCUT2D eigenvalue weighted by atomic mass is 16.5. The zero-order chi connectivity index (χ0) is 15.9. The fourth-order valence-electron chi connectivity index (χ4n) is 3.30. The van der Waals surface area contributed by atoms with Gasteiger partial charge in [0.1, 0.15) is 0 Å². The zero-order valence-electron chi connectivity index (χ0n) is 14.3. The van der Waals surface area contributed by atoms with Gasteiger partial charge in [0.15, 0.2) is 0 Å². The van der Waals surface area contributed by atoms with Crippen LogP contribution in [0, 0.1) is 11.8 Å². The van der Waals surface area contributed by atoms with Gasteiger partial charge in [-0.1, -0.05) is 33.6 Å². The number of hydrogen-bond donors (Lipinski definition) is 3. The first-order valence-electron chi connectivity index (χ1n) is 8.51. The molecule has 126 valence electrons. The number of rotatable bonds is 9. The first-order chi connectivity index (χ1) is 9.78. The topological polar surface area (TPSA) is 61.7 Å². The van der Waals surface area contributed by atoms with Gasteiger partial charge in [0.2, 0.25) is 0 Å². The predicted octanol–water partition coefficient (Wildman–Crippen LogP) is 2.33. The van der Waals surface area contributed by atoms with Crippen LogP contribution in [0.1, 0.15) is 59.8 Å². The molecule has 3 N–H and O–H groups in total. The number of aliphatic hydroxyl groups is 2. The normalized spacial score (nSPS) is 27.6. The highest BCUT2D eigenvalue weighted by Crippen LogP contribution is 2.25. The lowest BCUT2D eigenvalue weighted by Gasteiger charge is -2.28. The lowest BCUT2D eigenvalue weighted by atomic mass is 9.89. The third-order valence-corrected chi connectivity index (χ3v) is 4.15. The van der Waals surface area contributed by atoms with Crippen LogP contribution in [0.5, 0.6) is 0 Å². The van der Waals surface area contributed by atoms with E-state index in [0.717, 1.165) is 25.2 Å². The van der Waals surface area contributed by atoms with E-state index in [1.54, 1.807) is 0 Å². The molecule has 0 saturated heterocycles. The molecule has 0 radical (unpaired) electrons. The molecule has 4 unspecified atom stereocenters. The van der Waals surface area contributed by atoms with Crippen LogP contribution < -0.4 is 5.32 Å². The molecule has 1 saturated carbocycles. The number of hydrogen-bond acceptors (Lipinski definition) is 4. The second kappa shape index (κ2) is 9.09. The Kier molecular flexibility index (Phi) is 8.17. The van der Waals surface area contributed by atoms with Gasteiger partial charge in [0.25, 0.3) is 0 Å². The maximum absolute atomic E-state index is 10.2. The summed E-state index contributed by atoms with van der Waals surface area (Å²) in [6, 6.07) is 0. The van der Waals surface area contributed by atoms with Gasteiger partial charge >= 0.3 is 0 Å². The van der Waals surface area contributed by atoms with Crippen LogP contribution in [0.3, 0.4) is 0 Å². The lowest BCUT2D eigenvalue weighted by molar-refractivity contribution is -0.0327. The van der Waals surface area contributed by atoms with Crippen molar-refractivity contribution < 1.29 is 14.9 Å². The number of ether oxygens (including phenoxy) is 1. The Morgan fingerprint density at radius 2 is 2.05 bits per heavy atom. The molecule has 4 heteroatoms.